The van der Waals surface area contributed by atoms with Crippen molar-refractivity contribution in [3.63, 3.8) is 0 Å². The minimum absolute atomic E-state index is 0.166. The van der Waals surface area contributed by atoms with Crippen molar-refractivity contribution in [3.8, 4) is 0 Å². The van der Waals surface area contributed by atoms with Crippen LogP contribution in [-0.4, -0.2) is 30.0 Å². The van der Waals surface area contributed by atoms with Gasteiger partial charge in [-0.3, -0.25) is 4.79 Å². The van der Waals surface area contributed by atoms with Crippen LogP contribution in [0.4, 0.5) is 5.82 Å². The molecule has 0 saturated carbocycles. The van der Waals surface area contributed by atoms with Crippen molar-refractivity contribution >= 4 is 17.5 Å². The molecule has 0 aliphatic carbocycles. The van der Waals surface area contributed by atoms with Gasteiger partial charge in [-0.25, -0.2) is 4.98 Å². The third-order valence-electron chi connectivity index (χ3n) is 2.49. The monoisotopic (exact) mass is 249 g/mol. The van der Waals surface area contributed by atoms with Crippen LogP contribution in [0.3, 0.4) is 0 Å². The molecule has 0 saturated heterocycles. The summed E-state index contributed by atoms with van der Waals surface area (Å²) in [6, 6.07) is 3.88. The number of pyridine rings is 1. The van der Waals surface area contributed by atoms with E-state index in [1.165, 1.54) is 6.92 Å². The first-order valence-corrected chi connectivity index (χ1v) is 5.71. The van der Waals surface area contributed by atoms with E-state index < -0.39 is 5.97 Å². The van der Waals surface area contributed by atoms with Crippen LogP contribution < -0.4 is 5.32 Å². The van der Waals surface area contributed by atoms with Crippen molar-refractivity contribution in [1.29, 1.82) is 0 Å². The van der Waals surface area contributed by atoms with Crippen molar-refractivity contribution < 1.29 is 14.4 Å². The number of carbonyl (C=O) groups excluding carboxylic acids is 1. The molecule has 6 heteroatoms. The van der Waals surface area contributed by atoms with Gasteiger partial charge in [0.25, 0.3) is 6.79 Å². The fraction of sp³-hybridized carbons (Fsp3) is 0.417. The molecular formula is C12H15N3O3. The second-order valence-corrected chi connectivity index (χ2v) is 3.95. The largest absolute Gasteiger partial charge is 0.426 e. The molecule has 0 amide bonds. The van der Waals surface area contributed by atoms with E-state index in [0.29, 0.717) is 0 Å². The number of oxime groups is 1. The Labute approximate surface area is 105 Å². The van der Waals surface area contributed by atoms with Gasteiger partial charge in [0.05, 0.1) is 5.71 Å². The lowest BCUT2D eigenvalue weighted by Crippen LogP contribution is -2.20. The fourth-order valence-electron chi connectivity index (χ4n) is 1.67. The Hall–Kier alpha value is -2.11. The maximum Gasteiger partial charge on any atom is 0.305 e. The van der Waals surface area contributed by atoms with E-state index in [-0.39, 0.29) is 6.79 Å². The number of aromatic nitrogens is 1. The van der Waals surface area contributed by atoms with Crippen LogP contribution in [0, 0.1) is 6.92 Å². The number of carbonyl (C=O) groups is 1. The molecule has 1 aliphatic rings. The fourth-order valence-corrected chi connectivity index (χ4v) is 1.67. The Bertz CT molecular complexity index is 485. The number of hydrogen-bond acceptors (Lipinski definition) is 6. The first kappa shape index (κ1) is 12.3. The molecular weight excluding hydrogens is 234 g/mol. The number of nitrogens with zero attached hydrogens (tertiary/aromatic N) is 2. The quantitative estimate of drug-likeness (QED) is 0.380. The topological polar surface area (TPSA) is 72.8 Å². The number of anilines is 1. The van der Waals surface area contributed by atoms with E-state index in [2.05, 4.69) is 20.2 Å². The summed E-state index contributed by atoms with van der Waals surface area (Å²) >= 11 is 0. The van der Waals surface area contributed by atoms with Gasteiger partial charge in [0.2, 0.25) is 0 Å². The Morgan fingerprint density at radius 1 is 1.56 bits per heavy atom. The van der Waals surface area contributed by atoms with E-state index in [4.69, 9.17) is 4.84 Å². The average Bonchev–Trinajstić information content (AvgIpc) is 2.34. The maximum atomic E-state index is 10.6. The summed E-state index contributed by atoms with van der Waals surface area (Å²) in [5.41, 5.74) is 2.68. The first-order chi connectivity index (χ1) is 8.66. The van der Waals surface area contributed by atoms with Crippen LogP contribution in [0.1, 0.15) is 24.6 Å². The standard InChI is InChI=1S/C12H15N3O3/c1-8-3-4-10-11(5-6-13-12(10)14-8)15-18-7-17-9(2)16/h3-4H,5-7H2,1-2H3,(H,13,14)/b15-11+. The SMILES string of the molecule is CC(=O)OCO/N=C1\CCNc2nc(C)ccc21. The molecule has 1 aromatic rings. The van der Waals surface area contributed by atoms with Crippen molar-refractivity contribution in [2.45, 2.75) is 20.3 Å². The predicted molar refractivity (Wildman–Crippen MR) is 66.3 cm³/mol. The van der Waals surface area contributed by atoms with Gasteiger partial charge in [0.1, 0.15) is 5.82 Å². The number of nitrogens with one attached hydrogen (secondary N) is 1. The predicted octanol–water partition coefficient (Wildman–Crippen LogP) is 1.45. The van der Waals surface area contributed by atoms with Crippen LogP contribution in [0.5, 0.6) is 0 Å². The highest BCUT2D eigenvalue weighted by Crippen LogP contribution is 2.20. The minimum atomic E-state index is -0.391. The molecule has 1 N–H and O–H groups in total. The molecule has 6 nitrogen and oxygen atoms in total. The van der Waals surface area contributed by atoms with Crippen LogP contribution in [0.15, 0.2) is 17.3 Å². The highest BCUT2D eigenvalue weighted by Gasteiger charge is 2.16. The molecule has 2 rings (SSSR count). The average molecular weight is 249 g/mol. The normalized spacial score (nSPS) is 15.8. The third kappa shape index (κ3) is 2.97. The smallest absolute Gasteiger partial charge is 0.305 e. The van der Waals surface area contributed by atoms with Gasteiger partial charge in [-0.2, -0.15) is 0 Å². The Morgan fingerprint density at radius 3 is 3.17 bits per heavy atom. The first-order valence-electron chi connectivity index (χ1n) is 5.71. The lowest BCUT2D eigenvalue weighted by molar-refractivity contribution is -0.153. The van der Waals surface area contributed by atoms with E-state index in [9.17, 15) is 4.79 Å². The number of fused-ring (bicyclic) bond motifs is 1. The van der Waals surface area contributed by atoms with E-state index >= 15 is 0 Å². The number of aryl methyl sites for hydroxylation is 1. The lowest BCUT2D eigenvalue weighted by Gasteiger charge is -2.18. The molecule has 1 aromatic heterocycles. The molecule has 0 spiro atoms. The van der Waals surface area contributed by atoms with Crippen LogP contribution in [-0.2, 0) is 14.4 Å². The number of rotatable bonds is 3. The minimum Gasteiger partial charge on any atom is -0.426 e. The lowest BCUT2D eigenvalue weighted by atomic mass is 10.0. The summed E-state index contributed by atoms with van der Waals surface area (Å²) in [6.45, 7) is 3.85. The highest BCUT2D eigenvalue weighted by atomic mass is 16.8. The highest BCUT2D eigenvalue weighted by molar-refractivity contribution is 6.05. The summed E-state index contributed by atoms with van der Waals surface area (Å²) in [6.07, 6.45) is 0.748. The third-order valence-corrected chi connectivity index (χ3v) is 2.49. The van der Waals surface area contributed by atoms with Gasteiger partial charge in [-0.1, -0.05) is 5.16 Å². The van der Waals surface area contributed by atoms with Crippen molar-refractivity contribution in [2.75, 3.05) is 18.7 Å². The molecule has 0 radical (unpaired) electrons. The van der Waals surface area contributed by atoms with Gasteiger partial charge in [0, 0.05) is 31.1 Å². The Morgan fingerprint density at radius 2 is 2.39 bits per heavy atom. The van der Waals surface area contributed by atoms with Crippen LogP contribution in [0.2, 0.25) is 0 Å². The van der Waals surface area contributed by atoms with Crippen molar-refractivity contribution in [3.05, 3.63) is 23.4 Å². The summed E-state index contributed by atoms with van der Waals surface area (Å²) in [7, 11) is 0. The Balaban J connectivity index is 2.07. The van der Waals surface area contributed by atoms with Gasteiger partial charge in [-0.15, -0.1) is 0 Å². The summed E-state index contributed by atoms with van der Waals surface area (Å²) in [5.74, 6) is 0.425. The molecule has 0 atom stereocenters. The molecule has 2 heterocycles. The van der Waals surface area contributed by atoms with Crippen LogP contribution in [0.25, 0.3) is 0 Å². The van der Waals surface area contributed by atoms with Gasteiger partial charge in [-0.05, 0) is 19.1 Å². The molecule has 96 valence electrons. The van der Waals surface area contributed by atoms with Crippen molar-refractivity contribution in [1.82, 2.24) is 4.98 Å². The van der Waals surface area contributed by atoms with Crippen LogP contribution >= 0.6 is 0 Å². The van der Waals surface area contributed by atoms with E-state index in [1.54, 1.807) is 0 Å². The number of hydrogen-bond donors (Lipinski definition) is 1. The zero-order valence-corrected chi connectivity index (χ0v) is 10.4. The summed E-state index contributed by atoms with van der Waals surface area (Å²) in [5, 5.41) is 7.19. The molecule has 0 unspecified atom stereocenters. The zero-order chi connectivity index (χ0) is 13.0. The van der Waals surface area contributed by atoms with E-state index in [0.717, 1.165) is 35.8 Å². The molecule has 1 aliphatic heterocycles. The van der Waals surface area contributed by atoms with Gasteiger partial charge >= 0.3 is 5.97 Å². The van der Waals surface area contributed by atoms with Gasteiger partial charge < -0.3 is 14.9 Å². The second kappa shape index (κ2) is 5.48. The molecule has 0 bridgehead atoms. The van der Waals surface area contributed by atoms with Gasteiger partial charge in [0.15, 0.2) is 0 Å². The van der Waals surface area contributed by atoms with E-state index in [1.807, 2.05) is 19.1 Å². The summed E-state index contributed by atoms with van der Waals surface area (Å²) in [4.78, 5) is 19.9. The zero-order valence-electron chi connectivity index (χ0n) is 10.4. The maximum absolute atomic E-state index is 10.6. The molecule has 0 aromatic carbocycles. The molecule has 0 fully saturated rings. The number of esters is 1. The Kier molecular flexibility index (Phi) is 3.76. The summed E-state index contributed by atoms with van der Waals surface area (Å²) < 4.78 is 4.64. The van der Waals surface area contributed by atoms with Crippen molar-refractivity contribution in [2.24, 2.45) is 5.16 Å². The molecule has 18 heavy (non-hydrogen) atoms. The second-order valence-electron chi connectivity index (χ2n) is 3.95. The number of ether oxygens (including phenoxy) is 1.